The summed E-state index contributed by atoms with van der Waals surface area (Å²) in [6.45, 7) is 1.81. The average Bonchev–Trinajstić information content (AvgIpc) is 3.20. The number of benzene rings is 1. The Bertz CT molecular complexity index is 1030. The molecule has 1 aliphatic heterocycles. The van der Waals surface area contributed by atoms with Gasteiger partial charge in [0.25, 0.3) is 0 Å². The van der Waals surface area contributed by atoms with Crippen LogP contribution in [0, 0.1) is 0 Å². The molecule has 8 heteroatoms. The van der Waals surface area contributed by atoms with E-state index in [0.29, 0.717) is 34.3 Å². The number of fused-ring (bicyclic) bond motifs is 3. The van der Waals surface area contributed by atoms with E-state index in [-0.39, 0.29) is 11.5 Å². The van der Waals surface area contributed by atoms with E-state index in [2.05, 4.69) is 10.1 Å². The molecule has 1 amide bonds. The summed E-state index contributed by atoms with van der Waals surface area (Å²) in [5.41, 5.74) is 1.49. The summed E-state index contributed by atoms with van der Waals surface area (Å²) in [7, 11) is 0. The van der Waals surface area contributed by atoms with Crippen molar-refractivity contribution in [2.45, 2.75) is 24.7 Å². The van der Waals surface area contributed by atoms with Crippen molar-refractivity contribution in [1.29, 1.82) is 0 Å². The van der Waals surface area contributed by atoms with Gasteiger partial charge in [0.2, 0.25) is 11.1 Å². The summed E-state index contributed by atoms with van der Waals surface area (Å²) in [5, 5.41) is 5.04. The van der Waals surface area contributed by atoms with E-state index in [0.717, 1.165) is 0 Å². The highest BCUT2D eigenvalue weighted by atomic mass is 32.2. The molecule has 2 aromatic heterocycles. The molecule has 0 spiro atoms. The first-order valence-electron chi connectivity index (χ1n) is 8.20. The summed E-state index contributed by atoms with van der Waals surface area (Å²) in [5.74, 6) is 0.461. The second-order valence-corrected chi connectivity index (χ2v) is 6.58. The van der Waals surface area contributed by atoms with Crippen LogP contribution < -0.4 is 15.1 Å². The second kappa shape index (κ2) is 6.45. The van der Waals surface area contributed by atoms with Crippen LogP contribution in [0.3, 0.4) is 0 Å². The summed E-state index contributed by atoms with van der Waals surface area (Å²) in [6.07, 6.45) is 3.04. The molecular weight excluding hydrogens is 352 g/mol. The molecule has 0 fully saturated rings. The predicted molar refractivity (Wildman–Crippen MR) is 96.9 cm³/mol. The first-order chi connectivity index (χ1) is 12.7. The lowest BCUT2D eigenvalue weighted by Crippen LogP contribution is -2.60. The third kappa shape index (κ3) is 2.45. The van der Waals surface area contributed by atoms with Crippen LogP contribution in [-0.4, -0.2) is 22.2 Å². The number of carbonyl (C=O) groups is 1. The molecule has 0 aliphatic carbocycles. The van der Waals surface area contributed by atoms with Crippen molar-refractivity contribution in [2.75, 3.05) is 11.2 Å². The number of nitrogens with one attached hydrogen (secondary N) is 1. The first-order valence-corrected chi connectivity index (χ1v) is 9.43. The third-order valence-electron chi connectivity index (χ3n) is 4.32. The van der Waals surface area contributed by atoms with E-state index in [1.807, 2.05) is 37.4 Å². The van der Waals surface area contributed by atoms with Crippen LogP contribution in [0.2, 0.25) is 0 Å². The maximum absolute atomic E-state index is 12.8. The number of furan rings is 1. The molecule has 4 rings (SSSR count). The van der Waals surface area contributed by atoms with E-state index in [4.69, 9.17) is 4.42 Å². The van der Waals surface area contributed by atoms with Crippen LogP contribution in [0.15, 0.2) is 57.0 Å². The fourth-order valence-corrected chi connectivity index (χ4v) is 3.56. The maximum atomic E-state index is 12.8. The number of aromatic nitrogens is 3. The lowest BCUT2D eigenvalue weighted by molar-refractivity contribution is -0.764. The van der Waals surface area contributed by atoms with Gasteiger partial charge in [0, 0.05) is 11.5 Å². The molecule has 26 heavy (non-hydrogen) atoms. The van der Waals surface area contributed by atoms with Crippen LogP contribution in [0.25, 0.3) is 11.3 Å². The third-order valence-corrected chi connectivity index (χ3v) is 4.89. The normalized spacial score (nSPS) is 15.5. The van der Waals surface area contributed by atoms with Crippen molar-refractivity contribution < 1.29 is 13.9 Å². The van der Waals surface area contributed by atoms with Gasteiger partial charge in [-0.15, -0.1) is 0 Å². The molecular formula is C18H17N4O3S+. The van der Waals surface area contributed by atoms with Crippen molar-refractivity contribution in [3.8, 4) is 11.3 Å². The quantitative estimate of drug-likeness (QED) is 0.566. The Morgan fingerprint density at radius 1 is 1.35 bits per heavy atom. The highest BCUT2D eigenvalue weighted by molar-refractivity contribution is 7.98. The van der Waals surface area contributed by atoms with Crippen LogP contribution >= 0.6 is 11.8 Å². The Hall–Kier alpha value is -2.87. The number of thioether (sulfide) groups is 1. The Morgan fingerprint density at radius 2 is 2.15 bits per heavy atom. The molecule has 1 aromatic carbocycles. The molecule has 1 aliphatic rings. The molecule has 1 atom stereocenters. The molecule has 0 radical (unpaired) electrons. The zero-order valence-corrected chi connectivity index (χ0v) is 15.1. The number of rotatable bonds is 3. The van der Waals surface area contributed by atoms with E-state index >= 15 is 0 Å². The van der Waals surface area contributed by atoms with Gasteiger partial charge >= 0.3 is 17.4 Å². The van der Waals surface area contributed by atoms with Crippen LogP contribution in [0.4, 0.5) is 5.69 Å². The number of anilines is 1. The molecule has 1 N–H and O–H groups in total. The van der Waals surface area contributed by atoms with Gasteiger partial charge in [0.1, 0.15) is 0 Å². The molecule has 0 saturated heterocycles. The molecule has 7 nitrogen and oxygen atoms in total. The van der Waals surface area contributed by atoms with E-state index in [1.54, 1.807) is 28.0 Å². The van der Waals surface area contributed by atoms with Crippen molar-refractivity contribution in [3.63, 3.8) is 0 Å². The van der Waals surface area contributed by atoms with Gasteiger partial charge in [0.05, 0.1) is 17.5 Å². The van der Waals surface area contributed by atoms with Crippen molar-refractivity contribution >= 4 is 23.4 Å². The van der Waals surface area contributed by atoms with E-state index < -0.39 is 6.17 Å². The standard InChI is InChI=1S/C18H16N4O3S/c1-3-14(23)21-12-8-5-4-7-11(12)15-16(24)19-18(26-2)20-22(15)17(21)13-9-6-10-25-13/h4-10,17H,3H2,1-2H3/p+1/t17-/m1/s1. The Morgan fingerprint density at radius 3 is 2.85 bits per heavy atom. The predicted octanol–water partition coefficient (Wildman–Crippen LogP) is 2.34. The highest BCUT2D eigenvalue weighted by Gasteiger charge is 2.46. The molecule has 132 valence electrons. The Balaban J connectivity index is 2.09. The van der Waals surface area contributed by atoms with Gasteiger partial charge in [0.15, 0.2) is 5.76 Å². The smallest absolute Gasteiger partial charge is 0.325 e. The summed E-state index contributed by atoms with van der Waals surface area (Å²) < 4.78 is 7.19. The summed E-state index contributed by atoms with van der Waals surface area (Å²) in [4.78, 5) is 30.1. The highest BCUT2D eigenvalue weighted by Crippen LogP contribution is 2.37. The summed E-state index contributed by atoms with van der Waals surface area (Å²) >= 11 is 1.33. The van der Waals surface area contributed by atoms with Gasteiger partial charge in [-0.1, -0.05) is 30.8 Å². The summed E-state index contributed by atoms with van der Waals surface area (Å²) in [6, 6.07) is 10.9. The van der Waals surface area contributed by atoms with Gasteiger partial charge < -0.3 is 4.42 Å². The maximum Gasteiger partial charge on any atom is 0.325 e. The molecule has 0 saturated carbocycles. The van der Waals surface area contributed by atoms with Crippen LogP contribution in [0.1, 0.15) is 25.3 Å². The zero-order valence-electron chi connectivity index (χ0n) is 14.3. The minimum atomic E-state index is -0.657. The van der Waals surface area contributed by atoms with Gasteiger partial charge in [-0.3, -0.25) is 14.6 Å². The molecule has 3 aromatic rings. The number of para-hydroxylation sites is 1. The number of nitrogens with zero attached hydrogens (tertiary/aromatic N) is 3. The second-order valence-electron chi connectivity index (χ2n) is 5.78. The minimum absolute atomic E-state index is 0.0789. The molecule has 0 unspecified atom stereocenters. The topological polar surface area (TPSA) is 83.1 Å². The van der Waals surface area contributed by atoms with E-state index in [1.165, 1.54) is 11.8 Å². The number of aromatic amines is 1. The van der Waals surface area contributed by atoms with E-state index in [9.17, 15) is 9.59 Å². The van der Waals surface area contributed by atoms with Crippen molar-refractivity contribution in [1.82, 2.24) is 10.1 Å². The largest absolute Gasteiger partial charge is 0.460 e. The molecule has 0 bridgehead atoms. The number of hydrogen-bond acceptors (Lipinski definition) is 5. The fourth-order valence-electron chi connectivity index (χ4n) is 3.20. The number of amides is 1. The number of H-pyrrole nitrogens is 1. The van der Waals surface area contributed by atoms with Crippen LogP contribution in [0.5, 0.6) is 0 Å². The van der Waals surface area contributed by atoms with Gasteiger partial charge in [-0.25, -0.2) is 4.90 Å². The zero-order chi connectivity index (χ0) is 18.3. The SMILES string of the molecule is CCC(=O)N1c2ccccc2-c2c(=O)[nH]c(SC)n[n+]2[C@@H]1c1ccco1. The average molecular weight is 369 g/mol. The van der Waals surface area contributed by atoms with Gasteiger partial charge in [-0.2, -0.15) is 0 Å². The monoisotopic (exact) mass is 369 g/mol. The minimum Gasteiger partial charge on any atom is -0.460 e. The number of hydrogen-bond donors (Lipinski definition) is 1. The Labute approximate surface area is 153 Å². The van der Waals surface area contributed by atoms with Crippen molar-refractivity contribution in [2.24, 2.45) is 0 Å². The molecule has 3 heterocycles. The van der Waals surface area contributed by atoms with Crippen molar-refractivity contribution in [3.05, 3.63) is 58.8 Å². The first kappa shape index (κ1) is 16.6. The van der Waals surface area contributed by atoms with Crippen LogP contribution in [-0.2, 0) is 4.79 Å². The number of carbonyl (C=O) groups excluding carboxylic acids is 1. The Kier molecular flexibility index (Phi) is 4.12. The lowest BCUT2D eigenvalue weighted by Gasteiger charge is -2.30. The fraction of sp³-hybridized carbons (Fsp3) is 0.222. The van der Waals surface area contributed by atoms with Gasteiger partial charge in [-0.05, 0) is 35.2 Å². The lowest BCUT2D eigenvalue weighted by atomic mass is 10.0.